The van der Waals surface area contributed by atoms with Crippen molar-refractivity contribution in [2.24, 2.45) is 0 Å². The quantitative estimate of drug-likeness (QED) is 0.518. The number of carboxylic acids is 1. The van der Waals surface area contributed by atoms with E-state index >= 15 is 0 Å². The number of carboxylic acid groups (broad SMARTS) is 1. The number of rotatable bonds is 7. The second-order valence-electron chi connectivity index (χ2n) is 7.40. The van der Waals surface area contributed by atoms with Gasteiger partial charge in [0.2, 0.25) is 0 Å². The predicted octanol–water partition coefficient (Wildman–Crippen LogP) is 3.11. The molecular formula is C24H26N2O5. The molecule has 2 aliphatic heterocycles. The van der Waals surface area contributed by atoms with Gasteiger partial charge in [-0.05, 0) is 43.0 Å². The van der Waals surface area contributed by atoms with Gasteiger partial charge in [0.15, 0.2) is 0 Å². The topological polar surface area (TPSA) is 95.9 Å². The van der Waals surface area contributed by atoms with E-state index in [1.807, 2.05) is 43.5 Å². The zero-order valence-corrected chi connectivity index (χ0v) is 17.5. The Balaban J connectivity index is 1.71. The van der Waals surface area contributed by atoms with Gasteiger partial charge in [-0.15, -0.1) is 0 Å². The Morgan fingerprint density at radius 2 is 2.06 bits per heavy atom. The van der Waals surface area contributed by atoms with E-state index in [4.69, 9.17) is 4.74 Å². The summed E-state index contributed by atoms with van der Waals surface area (Å²) in [5, 5.41) is 12.5. The molecule has 0 unspecified atom stereocenters. The van der Waals surface area contributed by atoms with Crippen LogP contribution in [0.4, 0.5) is 0 Å². The summed E-state index contributed by atoms with van der Waals surface area (Å²) >= 11 is 0. The molecule has 1 amide bonds. The van der Waals surface area contributed by atoms with Crippen LogP contribution in [-0.2, 0) is 20.8 Å². The van der Waals surface area contributed by atoms with Gasteiger partial charge in [0.25, 0.3) is 5.91 Å². The molecule has 0 atom stereocenters. The number of hydrogen-bond acceptors (Lipinski definition) is 5. The van der Waals surface area contributed by atoms with Crippen molar-refractivity contribution < 1.29 is 24.2 Å². The number of carbonyl (C=O) groups is 3. The van der Waals surface area contributed by atoms with Gasteiger partial charge in [-0.1, -0.05) is 36.4 Å². The number of allylic oxidation sites excluding steroid dienone is 5. The lowest BCUT2D eigenvalue weighted by Gasteiger charge is -2.23. The van der Waals surface area contributed by atoms with Gasteiger partial charge < -0.3 is 20.1 Å². The fourth-order valence-electron chi connectivity index (χ4n) is 3.47. The third-order valence-electron chi connectivity index (χ3n) is 5.06. The Morgan fingerprint density at radius 3 is 2.84 bits per heavy atom. The smallest absolute Gasteiger partial charge is 0.323 e. The summed E-state index contributed by atoms with van der Waals surface area (Å²) < 4.78 is 5.37. The fourth-order valence-corrected chi connectivity index (χ4v) is 3.47. The average Bonchev–Trinajstić information content (AvgIpc) is 3.19. The molecule has 0 aromatic heterocycles. The standard InChI is InChI=1S/C24H26N2O5/c1-2-3-7-20-13-17(15-25-20)11-12-26(16-22(27)28)24(30)19-10-9-18-6-4-5-8-21(18)31-23(29)14-19/h2-8,10,15,25H,9,11-14,16H2,1H3,(H,27,28)/b3-2-,19-10+,20-7+. The zero-order valence-electron chi connectivity index (χ0n) is 17.5. The van der Waals surface area contributed by atoms with Crippen LogP contribution in [0.3, 0.4) is 0 Å². The van der Waals surface area contributed by atoms with E-state index in [-0.39, 0.29) is 18.5 Å². The number of amides is 1. The minimum Gasteiger partial charge on any atom is -0.480 e. The van der Waals surface area contributed by atoms with Gasteiger partial charge in [0.1, 0.15) is 12.3 Å². The van der Waals surface area contributed by atoms with Gasteiger partial charge in [0.05, 0.1) is 6.42 Å². The predicted molar refractivity (Wildman–Crippen MR) is 116 cm³/mol. The number of esters is 1. The summed E-state index contributed by atoms with van der Waals surface area (Å²) in [5.74, 6) is -1.60. The Hall–Kier alpha value is -3.61. The van der Waals surface area contributed by atoms with Crippen LogP contribution >= 0.6 is 0 Å². The fraction of sp³-hybridized carbons (Fsp3) is 0.292. The van der Waals surface area contributed by atoms with Crippen molar-refractivity contribution in [2.75, 3.05) is 13.1 Å². The van der Waals surface area contributed by atoms with Crippen LogP contribution in [0, 0.1) is 0 Å². The third-order valence-corrected chi connectivity index (χ3v) is 5.06. The molecule has 162 valence electrons. The molecule has 0 bridgehead atoms. The largest absolute Gasteiger partial charge is 0.480 e. The van der Waals surface area contributed by atoms with Crippen molar-refractivity contribution in [3.8, 4) is 5.75 Å². The van der Waals surface area contributed by atoms with Crippen molar-refractivity contribution in [3.63, 3.8) is 0 Å². The molecule has 3 rings (SSSR count). The molecular weight excluding hydrogens is 396 g/mol. The molecule has 0 saturated heterocycles. The van der Waals surface area contributed by atoms with Gasteiger partial charge in [-0.25, -0.2) is 0 Å². The monoisotopic (exact) mass is 422 g/mol. The minimum absolute atomic E-state index is 0.191. The number of nitrogens with one attached hydrogen (secondary N) is 1. The lowest BCUT2D eigenvalue weighted by Crippen LogP contribution is -2.38. The molecule has 0 fully saturated rings. The SMILES string of the molecule is C/C=C\C=C1/CC(CCN(CC(=O)O)C(=O)/C2=C/Cc3ccccc3OC(=O)C2)=CN1. The van der Waals surface area contributed by atoms with E-state index in [9.17, 15) is 19.5 Å². The number of fused-ring (bicyclic) bond motifs is 1. The molecule has 2 aliphatic rings. The molecule has 31 heavy (non-hydrogen) atoms. The highest BCUT2D eigenvalue weighted by molar-refractivity contribution is 5.99. The first-order valence-electron chi connectivity index (χ1n) is 10.2. The molecule has 1 aromatic rings. The summed E-state index contributed by atoms with van der Waals surface area (Å²) in [7, 11) is 0. The second kappa shape index (κ2) is 10.4. The van der Waals surface area contributed by atoms with Crippen LogP contribution in [0.1, 0.15) is 31.7 Å². The third kappa shape index (κ3) is 6.18. The van der Waals surface area contributed by atoms with Crippen LogP contribution in [0.2, 0.25) is 0 Å². The van der Waals surface area contributed by atoms with E-state index in [1.165, 1.54) is 4.90 Å². The molecule has 7 nitrogen and oxygen atoms in total. The van der Waals surface area contributed by atoms with E-state index < -0.39 is 24.4 Å². The van der Waals surface area contributed by atoms with Crippen LogP contribution < -0.4 is 10.1 Å². The number of benzene rings is 1. The summed E-state index contributed by atoms with van der Waals surface area (Å²) in [6.45, 7) is 1.76. The summed E-state index contributed by atoms with van der Waals surface area (Å²) in [6, 6.07) is 7.17. The maximum Gasteiger partial charge on any atom is 0.323 e. The number of nitrogens with zero attached hydrogens (tertiary/aromatic N) is 1. The molecule has 1 aromatic carbocycles. The maximum atomic E-state index is 13.1. The summed E-state index contributed by atoms with van der Waals surface area (Å²) in [5.41, 5.74) is 3.19. The number of aliphatic carboxylic acids is 1. The number of carbonyl (C=O) groups excluding carboxylic acids is 2. The van der Waals surface area contributed by atoms with Gasteiger partial charge in [-0.3, -0.25) is 14.4 Å². The molecule has 2 heterocycles. The molecule has 0 radical (unpaired) electrons. The second-order valence-corrected chi connectivity index (χ2v) is 7.40. The first-order chi connectivity index (χ1) is 15.0. The van der Waals surface area contributed by atoms with Gasteiger partial charge >= 0.3 is 11.9 Å². The highest BCUT2D eigenvalue weighted by Crippen LogP contribution is 2.24. The van der Waals surface area contributed by atoms with E-state index in [0.29, 0.717) is 18.6 Å². The molecule has 7 heteroatoms. The highest BCUT2D eigenvalue weighted by Gasteiger charge is 2.25. The Labute approximate surface area is 181 Å². The minimum atomic E-state index is -1.10. The van der Waals surface area contributed by atoms with Gasteiger partial charge in [-0.2, -0.15) is 0 Å². The van der Waals surface area contributed by atoms with Crippen LogP contribution in [-0.4, -0.2) is 40.9 Å². The van der Waals surface area contributed by atoms with Crippen molar-refractivity contribution in [3.05, 3.63) is 77.2 Å². The van der Waals surface area contributed by atoms with Crippen molar-refractivity contribution in [1.29, 1.82) is 0 Å². The Bertz CT molecular complexity index is 987. The van der Waals surface area contributed by atoms with E-state index in [1.54, 1.807) is 18.2 Å². The normalized spacial score (nSPS) is 18.9. The van der Waals surface area contributed by atoms with E-state index in [2.05, 4.69) is 5.32 Å². The van der Waals surface area contributed by atoms with Crippen LogP contribution in [0.25, 0.3) is 0 Å². The summed E-state index contributed by atoms with van der Waals surface area (Å²) in [4.78, 5) is 38.0. The molecule has 2 N–H and O–H groups in total. The lowest BCUT2D eigenvalue weighted by atomic mass is 10.0. The van der Waals surface area contributed by atoms with Crippen molar-refractivity contribution in [2.45, 2.75) is 32.6 Å². The lowest BCUT2D eigenvalue weighted by molar-refractivity contribution is -0.143. The Kier molecular flexibility index (Phi) is 7.43. The molecule has 0 saturated carbocycles. The first-order valence-corrected chi connectivity index (χ1v) is 10.2. The number of ether oxygens (including phenoxy) is 1. The number of hydrogen-bond donors (Lipinski definition) is 2. The van der Waals surface area contributed by atoms with Crippen molar-refractivity contribution in [1.82, 2.24) is 10.2 Å². The van der Waals surface area contributed by atoms with Crippen LogP contribution in [0.15, 0.2) is 71.6 Å². The van der Waals surface area contributed by atoms with Gasteiger partial charge in [0, 0.05) is 30.4 Å². The molecule has 0 aliphatic carbocycles. The van der Waals surface area contributed by atoms with Crippen LogP contribution in [0.5, 0.6) is 5.75 Å². The first kappa shape index (κ1) is 22.1. The number of para-hydroxylation sites is 1. The average molecular weight is 422 g/mol. The van der Waals surface area contributed by atoms with E-state index in [0.717, 1.165) is 23.3 Å². The maximum absolute atomic E-state index is 13.1. The van der Waals surface area contributed by atoms with Crippen molar-refractivity contribution >= 4 is 17.8 Å². The highest BCUT2D eigenvalue weighted by atomic mass is 16.5. The zero-order chi connectivity index (χ0) is 22.2. The Morgan fingerprint density at radius 1 is 1.26 bits per heavy atom. The summed E-state index contributed by atoms with van der Waals surface area (Å²) in [6.07, 6.45) is 11.0. The molecule has 0 spiro atoms.